The Morgan fingerprint density at radius 2 is 2.00 bits per heavy atom. The fourth-order valence-electron chi connectivity index (χ4n) is 2.54. The van der Waals surface area contributed by atoms with E-state index in [-0.39, 0.29) is 17.9 Å². The maximum absolute atomic E-state index is 13.8. The molecule has 0 aliphatic heterocycles. The zero-order valence-electron chi connectivity index (χ0n) is 13.1. The molecule has 4 nitrogen and oxygen atoms in total. The fourth-order valence-corrected chi connectivity index (χ4v) is 2.70. The summed E-state index contributed by atoms with van der Waals surface area (Å²) in [4.78, 5) is 11.7. The molecule has 0 radical (unpaired) electrons. The van der Waals surface area contributed by atoms with Crippen LogP contribution in [0.4, 0.5) is 14.9 Å². The Morgan fingerprint density at radius 1 is 1.32 bits per heavy atom. The Morgan fingerprint density at radius 3 is 2.64 bits per heavy atom. The first-order chi connectivity index (χ1) is 10.2. The number of benzene rings is 1. The quantitative estimate of drug-likeness (QED) is 0.868. The zero-order valence-corrected chi connectivity index (χ0v) is 13.8. The first-order valence-electron chi connectivity index (χ1n) is 7.44. The lowest BCUT2D eigenvalue weighted by molar-refractivity contribution is 0.0505. The number of carbonyl (C=O) groups is 1. The molecule has 2 N–H and O–H groups in total. The normalized spacial score (nSPS) is 21.5. The number of alkyl carbamates (subject to hydrolysis) is 1. The van der Waals surface area contributed by atoms with Crippen molar-refractivity contribution in [2.24, 2.45) is 0 Å². The van der Waals surface area contributed by atoms with Gasteiger partial charge in [0.1, 0.15) is 11.4 Å². The molecule has 1 aliphatic rings. The molecule has 2 atom stereocenters. The average Bonchev–Trinajstić information content (AvgIpc) is 2.77. The van der Waals surface area contributed by atoms with Gasteiger partial charge in [0.15, 0.2) is 0 Å². The SMILES string of the molecule is CC(C)(C)OC(=O)NC1CCC(Nc2ccc(Cl)cc2F)C1. The highest BCUT2D eigenvalue weighted by Crippen LogP contribution is 2.26. The van der Waals surface area contributed by atoms with Crippen molar-refractivity contribution in [1.29, 1.82) is 0 Å². The smallest absolute Gasteiger partial charge is 0.407 e. The number of carbonyl (C=O) groups excluding carboxylic acids is 1. The summed E-state index contributed by atoms with van der Waals surface area (Å²) in [5, 5.41) is 6.39. The highest BCUT2D eigenvalue weighted by Gasteiger charge is 2.28. The zero-order chi connectivity index (χ0) is 16.3. The molecule has 2 rings (SSSR count). The molecule has 1 aromatic rings. The van der Waals surface area contributed by atoms with Crippen molar-refractivity contribution in [1.82, 2.24) is 5.32 Å². The van der Waals surface area contributed by atoms with Gasteiger partial charge >= 0.3 is 6.09 Å². The Bertz CT molecular complexity index is 545. The molecule has 0 saturated heterocycles. The molecule has 0 bridgehead atoms. The Labute approximate surface area is 135 Å². The number of ether oxygens (including phenoxy) is 1. The van der Waals surface area contributed by atoms with Gasteiger partial charge in [-0.3, -0.25) is 0 Å². The highest BCUT2D eigenvalue weighted by molar-refractivity contribution is 6.30. The van der Waals surface area contributed by atoms with Gasteiger partial charge in [-0.2, -0.15) is 0 Å². The molecular formula is C16H22ClFN2O2. The monoisotopic (exact) mass is 328 g/mol. The lowest BCUT2D eigenvalue weighted by Gasteiger charge is -2.22. The molecule has 22 heavy (non-hydrogen) atoms. The van der Waals surface area contributed by atoms with Gasteiger partial charge in [-0.05, 0) is 58.2 Å². The minimum atomic E-state index is -0.507. The van der Waals surface area contributed by atoms with E-state index < -0.39 is 11.7 Å². The van der Waals surface area contributed by atoms with Crippen molar-refractivity contribution < 1.29 is 13.9 Å². The van der Waals surface area contributed by atoms with Crippen LogP contribution in [-0.2, 0) is 4.74 Å². The van der Waals surface area contributed by atoms with E-state index in [1.807, 2.05) is 20.8 Å². The van der Waals surface area contributed by atoms with Crippen molar-refractivity contribution >= 4 is 23.4 Å². The van der Waals surface area contributed by atoms with E-state index in [0.29, 0.717) is 10.7 Å². The maximum Gasteiger partial charge on any atom is 0.407 e. The van der Waals surface area contributed by atoms with E-state index in [9.17, 15) is 9.18 Å². The number of hydrogen-bond donors (Lipinski definition) is 2. The van der Waals surface area contributed by atoms with Gasteiger partial charge in [0.25, 0.3) is 0 Å². The summed E-state index contributed by atoms with van der Waals surface area (Å²) in [5.74, 6) is -0.365. The first kappa shape index (κ1) is 16.9. The summed E-state index contributed by atoms with van der Waals surface area (Å²) in [5.41, 5.74) is -0.0698. The lowest BCUT2D eigenvalue weighted by atomic mass is 10.2. The molecular weight excluding hydrogens is 307 g/mol. The van der Waals surface area contributed by atoms with Crippen LogP contribution in [0.2, 0.25) is 5.02 Å². The third kappa shape index (κ3) is 5.05. The van der Waals surface area contributed by atoms with E-state index in [0.717, 1.165) is 19.3 Å². The molecule has 1 fully saturated rings. The average molecular weight is 329 g/mol. The van der Waals surface area contributed by atoms with Gasteiger partial charge in [-0.15, -0.1) is 0 Å². The molecule has 1 aromatic carbocycles. The van der Waals surface area contributed by atoms with E-state index in [1.54, 1.807) is 12.1 Å². The minimum Gasteiger partial charge on any atom is -0.444 e. The Kier molecular flexibility index (Phi) is 5.16. The van der Waals surface area contributed by atoms with Crippen LogP contribution < -0.4 is 10.6 Å². The summed E-state index contributed by atoms with van der Waals surface area (Å²) in [6, 6.07) is 4.73. The van der Waals surface area contributed by atoms with Gasteiger partial charge in [0, 0.05) is 17.1 Å². The first-order valence-corrected chi connectivity index (χ1v) is 7.82. The molecule has 0 heterocycles. The van der Waals surface area contributed by atoms with E-state index in [1.165, 1.54) is 6.07 Å². The third-order valence-corrected chi connectivity index (χ3v) is 3.68. The van der Waals surface area contributed by atoms with Crippen LogP contribution in [0.1, 0.15) is 40.0 Å². The van der Waals surface area contributed by atoms with Crippen molar-refractivity contribution in [3.05, 3.63) is 29.0 Å². The number of anilines is 1. The van der Waals surface area contributed by atoms with Crippen molar-refractivity contribution in [2.45, 2.75) is 57.7 Å². The second kappa shape index (κ2) is 6.73. The van der Waals surface area contributed by atoms with Crippen molar-refractivity contribution in [3.63, 3.8) is 0 Å². The van der Waals surface area contributed by atoms with Crippen LogP contribution in [0.5, 0.6) is 0 Å². The van der Waals surface area contributed by atoms with Gasteiger partial charge in [0.2, 0.25) is 0 Å². The summed E-state index contributed by atoms with van der Waals surface area (Å²) < 4.78 is 19.0. The van der Waals surface area contributed by atoms with Crippen molar-refractivity contribution in [2.75, 3.05) is 5.32 Å². The number of rotatable bonds is 3. The number of amides is 1. The molecule has 1 amide bonds. The van der Waals surface area contributed by atoms with Gasteiger partial charge < -0.3 is 15.4 Å². The summed E-state index contributed by atoms with van der Waals surface area (Å²) >= 11 is 5.74. The largest absolute Gasteiger partial charge is 0.444 e. The lowest BCUT2D eigenvalue weighted by Crippen LogP contribution is -2.38. The van der Waals surface area contributed by atoms with E-state index >= 15 is 0 Å². The van der Waals surface area contributed by atoms with Crippen LogP contribution in [0.3, 0.4) is 0 Å². The Hall–Kier alpha value is -1.49. The minimum absolute atomic E-state index is 0.0442. The predicted molar refractivity (Wildman–Crippen MR) is 85.8 cm³/mol. The highest BCUT2D eigenvalue weighted by atomic mass is 35.5. The van der Waals surface area contributed by atoms with Crippen LogP contribution in [-0.4, -0.2) is 23.8 Å². The molecule has 122 valence electrons. The van der Waals surface area contributed by atoms with Crippen molar-refractivity contribution in [3.8, 4) is 0 Å². The van der Waals surface area contributed by atoms with Gasteiger partial charge in [-0.25, -0.2) is 9.18 Å². The summed E-state index contributed by atoms with van der Waals surface area (Å²) in [6.07, 6.45) is 2.03. The molecule has 0 aromatic heterocycles. The second-order valence-electron chi connectivity index (χ2n) is 6.62. The third-order valence-electron chi connectivity index (χ3n) is 3.44. The standard InChI is InChI=1S/C16H22ClFN2O2/c1-16(2,3)22-15(21)20-12-6-5-11(9-12)19-14-7-4-10(17)8-13(14)18/h4,7-8,11-12,19H,5-6,9H2,1-3H3,(H,20,21). The van der Waals surface area contributed by atoms with E-state index in [4.69, 9.17) is 16.3 Å². The van der Waals surface area contributed by atoms with Crippen LogP contribution in [0.25, 0.3) is 0 Å². The summed E-state index contributed by atoms with van der Waals surface area (Å²) in [7, 11) is 0. The van der Waals surface area contributed by atoms with Crippen LogP contribution in [0.15, 0.2) is 18.2 Å². The number of hydrogen-bond acceptors (Lipinski definition) is 3. The number of halogens is 2. The van der Waals surface area contributed by atoms with Gasteiger partial charge in [0.05, 0.1) is 5.69 Å². The molecule has 1 saturated carbocycles. The molecule has 1 aliphatic carbocycles. The summed E-state index contributed by atoms with van der Waals surface area (Å²) in [6.45, 7) is 5.48. The topological polar surface area (TPSA) is 50.4 Å². The maximum atomic E-state index is 13.8. The number of nitrogens with one attached hydrogen (secondary N) is 2. The van der Waals surface area contributed by atoms with E-state index in [2.05, 4.69) is 10.6 Å². The molecule has 0 spiro atoms. The fraction of sp³-hybridized carbons (Fsp3) is 0.562. The van der Waals surface area contributed by atoms with Crippen LogP contribution >= 0.6 is 11.6 Å². The molecule has 2 unspecified atom stereocenters. The second-order valence-corrected chi connectivity index (χ2v) is 7.06. The van der Waals surface area contributed by atoms with Gasteiger partial charge in [-0.1, -0.05) is 11.6 Å². The molecule has 6 heteroatoms. The predicted octanol–water partition coefficient (Wildman–Crippen LogP) is 4.34. The van der Waals surface area contributed by atoms with Crippen LogP contribution in [0, 0.1) is 5.82 Å². The Balaban J connectivity index is 1.84.